The Morgan fingerprint density at radius 3 is 2.48 bits per heavy atom. The van der Waals surface area contributed by atoms with Gasteiger partial charge in [-0.3, -0.25) is 0 Å². The lowest BCUT2D eigenvalue weighted by molar-refractivity contribution is 0.0523. The van der Waals surface area contributed by atoms with E-state index in [0.29, 0.717) is 5.56 Å². The van der Waals surface area contributed by atoms with E-state index in [4.69, 9.17) is 9.84 Å². The first-order valence-electron chi connectivity index (χ1n) is 6.81. The average molecular weight is 290 g/mol. The average Bonchev–Trinajstić information content (AvgIpc) is 2.50. The van der Waals surface area contributed by atoms with Gasteiger partial charge in [0.25, 0.3) is 0 Å². The number of hydrogen-bond donors (Lipinski definition) is 2. The van der Waals surface area contributed by atoms with Crippen molar-refractivity contribution in [2.75, 3.05) is 13.2 Å². The van der Waals surface area contributed by atoms with E-state index in [2.05, 4.69) is 0 Å². The first-order valence-corrected chi connectivity index (χ1v) is 6.81. The third-order valence-electron chi connectivity index (χ3n) is 3.37. The SMILES string of the molecule is Cc1cc(OC[C@H](O)CO)c(F)c(C)c1-c1ccccc1. The molecule has 112 valence electrons. The summed E-state index contributed by atoms with van der Waals surface area (Å²) in [5, 5.41) is 18.0. The third-order valence-corrected chi connectivity index (χ3v) is 3.37. The Kier molecular flexibility index (Phi) is 4.94. The van der Waals surface area contributed by atoms with Crippen LogP contribution in [0.5, 0.6) is 5.75 Å². The molecule has 2 N–H and O–H groups in total. The summed E-state index contributed by atoms with van der Waals surface area (Å²) in [6, 6.07) is 11.2. The van der Waals surface area contributed by atoms with Crippen LogP contribution in [0.25, 0.3) is 11.1 Å². The van der Waals surface area contributed by atoms with Crippen LogP contribution in [-0.4, -0.2) is 29.5 Å². The van der Waals surface area contributed by atoms with Crippen molar-refractivity contribution >= 4 is 0 Å². The van der Waals surface area contributed by atoms with Gasteiger partial charge in [-0.1, -0.05) is 30.3 Å². The van der Waals surface area contributed by atoms with Crippen LogP contribution in [0.15, 0.2) is 36.4 Å². The maximum atomic E-state index is 14.4. The molecule has 0 saturated heterocycles. The number of aliphatic hydroxyl groups is 2. The molecule has 0 bridgehead atoms. The molecule has 1 atom stereocenters. The zero-order chi connectivity index (χ0) is 15.4. The number of benzene rings is 2. The quantitative estimate of drug-likeness (QED) is 0.890. The largest absolute Gasteiger partial charge is 0.488 e. The lowest BCUT2D eigenvalue weighted by Gasteiger charge is -2.16. The van der Waals surface area contributed by atoms with Crippen molar-refractivity contribution in [2.45, 2.75) is 20.0 Å². The van der Waals surface area contributed by atoms with E-state index >= 15 is 0 Å². The highest BCUT2D eigenvalue weighted by atomic mass is 19.1. The number of aliphatic hydroxyl groups excluding tert-OH is 2. The number of aryl methyl sites for hydroxylation is 1. The summed E-state index contributed by atoms with van der Waals surface area (Å²) in [7, 11) is 0. The van der Waals surface area contributed by atoms with Gasteiger partial charge in [0.05, 0.1) is 6.61 Å². The molecule has 0 fully saturated rings. The number of rotatable bonds is 5. The smallest absolute Gasteiger partial charge is 0.168 e. The molecule has 0 aliphatic rings. The minimum atomic E-state index is -1.01. The van der Waals surface area contributed by atoms with E-state index in [0.717, 1.165) is 16.7 Å². The van der Waals surface area contributed by atoms with Crippen molar-refractivity contribution in [3.8, 4) is 16.9 Å². The van der Waals surface area contributed by atoms with Crippen molar-refractivity contribution in [1.29, 1.82) is 0 Å². The minimum Gasteiger partial charge on any atom is -0.488 e. The molecule has 3 nitrogen and oxygen atoms in total. The standard InChI is InChI=1S/C17H19FO3/c1-11-8-15(21-10-14(20)9-19)17(18)12(2)16(11)13-6-4-3-5-7-13/h3-8,14,19-20H,9-10H2,1-2H3/t14-/m1/s1. The summed E-state index contributed by atoms with van der Waals surface area (Å²) in [5.74, 6) is -0.346. The molecular weight excluding hydrogens is 271 g/mol. The minimum absolute atomic E-state index is 0.0946. The molecule has 0 amide bonds. The Hall–Kier alpha value is -1.91. The van der Waals surface area contributed by atoms with E-state index in [1.54, 1.807) is 13.0 Å². The van der Waals surface area contributed by atoms with Gasteiger partial charge in [-0.25, -0.2) is 4.39 Å². The Morgan fingerprint density at radius 1 is 1.19 bits per heavy atom. The second-order valence-electron chi connectivity index (χ2n) is 5.02. The molecule has 2 rings (SSSR count). The van der Waals surface area contributed by atoms with Gasteiger partial charge < -0.3 is 14.9 Å². The Morgan fingerprint density at radius 2 is 1.86 bits per heavy atom. The lowest BCUT2D eigenvalue weighted by atomic mass is 9.95. The molecule has 0 aliphatic carbocycles. The van der Waals surface area contributed by atoms with Gasteiger partial charge in [0.1, 0.15) is 12.7 Å². The van der Waals surface area contributed by atoms with Crippen LogP contribution in [0.1, 0.15) is 11.1 Å². The van der Waals surface area contributed by atoms with Crippen LogP contribution >= 0.6 is 0 Å². The third kappa shape index (κ3) is 3.40. The van der Waals surface area contributed by atoms with Gasteiger partial charge in [-0.15, -0.1) is 0 Å². The highest BCUT2D eigenvalue weighted by molar-refractivity contribution is 5.72. The fourth-order valence-electron chi connectivity index (χ4n) is 2.32. The summed E-state index contributed by atoms with van der Waals surface area (Å²) in [6.07, 6.45) is -1.01. The summed E-state index contributed by atoms with van der Waals surface area (Å²) < 4.78 is 19.7. The molecule has 0 heterocycles. The van der Waals surface area contributed by atoms with E-state index in [1.807, 2.05) is 37.3 Å². The molecule has 2 aromatic rings. The van der Waals surface area contributed by atoms with Crippen molar-refractivity contribution < 1.29 is 19.3 Å². The number of hydrogen-bond acceptors (Lipinski definition) is 3. The molecule has 0 spiro atoms. The molecule has 21 heavy (non-hydrogen) atoms. The molecular formula is C17H19FO3. The van der Waals surface area contributed by atoms with E-state index in [1.165, 1.54) is 0 Å². The van der Waals surface area contributed by atoms with Crippen LogP contribution in [0, 0.1) is 19.7 Å². The second kappa shape index (κ2) is 6.70. The fraction of sp³-hybridized carbons (Fsp3) is 0.294. The van der Waals surface area contributed by atoms with Gasteiger partial charge in [-0.05, 0) is 42.2 Å². The van der Waals surface area contributed by atoms with Gasteiger partial charge in [0.15, 0.2) is 11.6 Å². The number of ether oxygens (including phenoxy) is 1. The van der Waals surface area contributed by atoms with E-state index in [9.17, 15) is 9.50 Å². The van der Waals surface area contributed by atoms with Gasteiger partial charge >= 0.3 is 0 Å². The molecule has 2 aromatic carbocycles. The van der Waals surface area contributed by atoms with Gasteiger partial charge in [-0.2, -0.15) is 0 Å². The molecule has 0 aromatic heterocycles. The maximum Gasteiger partial charge on any atom is 0.168 e. The van der Waals surface area contributed by atoms with Crippen molar-refractivity contribution in [1.82, 2.24) is 0 Å². The second-order valence-corrected chi connectivity index (χ2v) is 5.02. The fourth-order valence-corrected chi connectivity index (χ4v) is 2.32. The van der Waals surface area contributed by atoms with E-state index in [-0.39, 0.29) is 12.4 Å². The summed E-state index contributed by atoms with van der Waals surface area (Å²) in [4.78, 5) is 0. The van der Waals surface area contributed by atoms with Crippen molar-refractivity contribution in [3.63, 3.8) is 0 Å². The number of halogens is 1. The van der Waals surface area contributed by atoms with Gasteiger partial charge in [0, 0.05) is 0 Å². The van der Waals surface area contributed by atoms with Crippen LogP contribution in [0.4, 0.5) is 4.39 Å². The molecule has 0 saturated carbocycles. The zero-order valence-corrected chi connectivity index (χ0v) is 12.1. The Labute approximate surface area is 123 Å². The first-order chi connectivity index (χ1) is 10.0. The van der Waals surface area contributed by atoms with Crippen molar-refractivity contribution in [3.05, 3.63) is 53.3 Å². The van der Waals surface area contributed by atoms with E-state index < -0.39 is 18.5 Å². The first kappa shape index (κ1) is 15.5. The Balaban J connectivity index is 2.37. The predicted octanol–water partition coefficient (Wildman–Crippen LogP) is 2.84. The van der Waals surface area contributed by atoms with Crippen LogP contribution < -0.4 is 4.74 Å². The molecule has 0 radical (unpaired) electrons. The normalized spacial score (nSPS) is 12.2. The summed E-state index contributed by atoms with van der Waals surface area (Å²) in [6.45, 7) is 3.04. The molecule has 0 aliphatic heterocycles. The topological polar surface area (TPSA) is 49.7 Å². The van der Waals surface area contributed by atoms with Crippen LogP contribution in [-0.2, 0) is 0 Å². The van der Waals surface area contributed by atoms with Crippen LogP contribution in [0.3, 0.4) is 0 Å². The van der Waals surface area contributed by atoms with Crippen LogP contribution in [0.2, 0.25) is 0 Å². The lowest BCUT2D eigenvalue weighted by Crippen LogP contribution is -2.21. The van der Waals surface area contributed by atoms with Crippen molar-refractivity contribution in [2.24, 2.45) is 0 Å². The zero-order valence-electron chi connectivity index (χ0n) is 12.1. The maximum absolute atomic E-state index is 14.4. The summed E-state index contributed by atoms with van der Waals surface area (Å²) >= 11 is 0. The monoisotopic (exact) mass is 290 g/mol. The molecule has 0 unspecified atom stereocenters. The predicted molar refractivity (Wildman–Crippen MR) is 79.9 cm³/mol. The Bertz CT molecular complexity index is 611. The molecule has 4 heteroatoms. The van der Waals surface area contributed by atoms with Gasteiger partial charge in [0.2, 0.25) is 0 Å². The highest BCUT2D eigenvalue weighted by Gasteiger charge is 2.16. The summed E-state index contributed by atoms with van der Waals surface area (Å²) in [5.41, 5.74) is 3.21. The highest BCUT2D eigenvalue weighted by Crippen LogP contribution is 2.33.